The van der Waals surface area contributed by atoms with Crippen LogP contribution in [0.25, 0.3) is 17.1 Å². The number of hydrogen-bond acceptors (Lipinski definition) is 6. The molecule has 1 amide bonds. The second-order valence-corrected chi connectivity index (χ2v) is 5.98. The van der Waals surface area contributed by atoms with Crippen molar-refractivity contribution in [2.45, 2.75) is 0 Å². The fraction of sp³-hybridized carbons (Fsp3) is 0. The number of amides is 1. The van der Waals surface area contributed by atoms with Gasteiger partial charge in [-0.25, -0.2) is 15.0 Å². The van der Waals surface area contributed by atoms with Crippen LogP contribution in [0.5, 0.6) is 0 Å². The molecule has 7 heteroatoms. The lowest BCUT2D eigenvalue weighted by Gasteiger charge is -1.98. The van der Waals surface area contributed by atoms with Crippen LogP contribution in [-0.2, 0) is 4.79 Å². The van der Waals surface area contributed by atoms with Crippen LogP contribution >= 0.6 is 11.8 Å². The number of fused-ring (bicyclic) bond motifs is 1. The minimum Gasteiger partial charge on any atom is -0.300 e. The summed E-state index contributed by atoms with van der Waals surface area (Å²) in [5, 5.41) is 3.23. The molecule has 24 heavy (non-hydrogen) atoms. The molecule has 6 nitrogen and oxygen atoms in total. The maximum Gasteiger partial charge on any atom is 0.264 e. The number of amidine groups is 1. The van der Waals surface area contributed by atoms with Crippen LogP contribution in [-0.4, -0.2) is 26.0 Å². The van der Waals surface area contributed by atoms with E-state index in [-0.39, 0.29) is 5.91 Å². The van der Waals surface area contributed by atoms with E-state index < -0.39 is 0 Å². The standard InChI is InChI=1S/C17H11N5OS/c23-16-14(24-17(22-16)21-15-7-3-4-8-18-15)9-11-10-19-12-5-1-2-6-13(12)20-11/h1-10H,(H,18,21,22,23)/b14-9-. The highest BCUT2D eigenvalue weighted by atomic mass is 32.2. The number of rotatable bonds is 2. The molecular formula is C17H11N5OS. The van der Waals surface area contributed by atoms with Gasteiger partial charge in [0.05, 0.1) is 27.8 Å². The Labute approximate surface area is 141 Å². The van der Waals surface area contributed by atoms with E-state index >= 15 is 0 Å². The van der Waals surface area contributed by atoms with Gasteiger partial charge < -0.3 is 5.32 Å². The Kier molecular flexibility index (Phi) is 3.76. The molecule has 116 valence electrons. The maximum atomic E-state index is 12.1. The second-order valence-electron chi connectivity index (χ2n) is 4.95. The summed E-state index contributed by atoms with van der Waals surface area (Å²) in [5.74, 6) is 0.344. The molecule has 0 bridgehead atoms. The van der Waals surface area contributed by atoms with Gasteiger partial charge in [-0.15, -0.1) is 0 Å². The number of hydrogen-bond donors (Lipinski definition) is 1. The molecule has 1 aliphatic heterocycles. The normalized spacial score (nSPS) is 17.6. The van der Waals surface area contributed by atoms with Crippen LogP contribution in [0, 0.1) is 0 Å². The molecular weight excluding hydrogens is 322 g/mol. The number of para-hydroxylation sites is 2. The van der Waals surface area contributed by atoms with Crippen LogP contribution in [0.3, 0.4) is 0 Å². The van der Waals surface area contributed by atoms with Crippen molar-refractivity contribution in [1.29, 1.82) is 0 Å². The van der Waals surface area contributed by atoms with Crippen LogP contribution in [0.2, 0.25) is 0 Å². The fourth-order valence-corrected chi connectivity index (χ4v) is 2.99. The van der Waals surface area contributed by atoms with Gasteiger partial charge in [0.2, 0.25) is 0 Å². The number of aliphatic imine (C=N–C) groups is 1. The minimum atomic E-state index is -0.204. The SMILES string of the molecule is O=C1NC(=Nc2ccccn2)S/C1=C\c1cnc2ccccc2n1. The van der Waals surface area contributed by atoms with Crippen molar-refractivity contribution in [1.82, 2.24) is 20.3 Å². The molecule has 1 aromatic carbocycles. The topological polar surface area (TPSA) is 80.1 Å². The zero-order valence-corrected chi connectivity index (χ0v) is 13.2. The first-order valence-electron chi connectivity index (χ1n) is 7.20. The first-order chi connectivity index (χ1) is 11.8. The van der Waals surface area contributed by atoms with Crippen molar-refractivity contribution in [3.05, 3.63) is 65.5 Å². The summed E-state index contributed by atoms with van der Waals surface area (Å²) in [7, 11) is 0. The quantitative estimate of drug-likeness (QED) is 0.729. The zero-order chi connectivity index (χ0) is 16.4. The highest BCUT2D eigenvalue weighted by molar-refractivity contribution is 8.18. The van der Waals surface area contributed by atoms with Crippen LogP contribution in [0.4, 0.5) is 5.82 Å². The molecule has 3 aromatic rings. The largest absolute Gasteiger partial charge is 0.300 e. The molecule has 0 unspecified atom stereocenters. The average molecular weight is 333 g/mol. The molecule has 1 saturated heterocycles. The van der Waals surface area contributed by atoms with Crippen LogP contribution in [0.15, 0.2) is 64.8 Å². The lowest BCUT2D eigenvalue weighted by molar-refractivity contribution is -0.115. The van der Waals surface area contributed by atoms with Gasteiger partial charge in [0.1, 0.15) is 0 Å². The summed E-state index contributed by atoms with van der Waals surface area (Å²) in [5.41, 5.74) is 2.24. The summed E-state index contributed by atoms with van der Waals surface area (Å²) in [6.07, 6.45) is 5.01. The lowest BCUT2D eigenvalue weighted by atomic mass is 10.3. The number of benzene rings is 1. The molecule has 0 spiro atoms. The third-order valence-electron chi connectivity index (χ3n) is 3.26. The third kappa shape index (κ3) is 3.02. The first-order valence-corrected chi connectivity index (χ1v) is 8.02. The van der Waals surface area contributed by atoms with Crippen molar-refractivity contribution in [3.8, 4) is 0 Å². The fourth-order valence-electron chi connectivity index (χ4n) is 2.18. The van der Waals surface area contributed by atoms with Gasteiger partial charge >= 0.3 is 0 Å². The van der Waals surface area contributed by atoms with E-state index in [9.17, 15) is 4.79 Å². The summed E-state index contributed by atoms with van der Waals surface area (Å²) >= 11 is 1.26. The molecule has 2 aromatic heterocycles. The van der Waals surface area contributed by atoms with Crippen molar-refractivity contribution >= 4 is 45.8 Å². The summed E-state index contributed by atoms with van der Waals surface area (Å²) in [6.45, 7) is 0. The Morgan fingerprint density at radius 2 is 1.88 bits per heavy atom. The second kappa shape index (κ2) is 6.21. The van der Waals surface area contributed by atoms with Gasteiger partial charge in [0.15, 0.2) is 11.0 Å². The average Bonchev–Trinajstić information content (AvgIpc) is 2.95. The van der Waals surface area contributed by atoms with Crippen molar-refractivity contribution < 1.29 is 4.79 Å². The van der Waals surface area contributed by atoms with Gasteiger partial charge in [-0.2, -0.15) is 0 Å². The van der Waals surface area contributed by atoms with Gasteiger partial charge in [-0.3, -0.25) is 9.78 Å². The highest BCUT2D eigenvalue weighted by Crippen LogP contribution is 2.27. The third-order valence-corrected chi connectivity index (χ3v) is 4.17. The number of nitrogens with zero attached hydrogens (tertiary/aromatic N) is 4. The number of aromatic nitrogens is 3. The van der Waals surface area contributed by atoms with Gasteiger partial charge in [-0.1, -0.05) is 18.2 Å². The maximum absolute atomic E-state index is 12.1. The molecule has 1 fully saturated rings. The Bertz CT molecular complexity index is 984. The molecule has 3 heterocycles. The monoisotopic (exact) mass is 333 g/mol. The number of carbonyl (C=O) groups is 1. The Hall–Kier alpha value is -3.06. The number of nitrogens with one attached hydrogen (secondary N) is 1. The summed E-state index contributed by atoms with van der Waals surface area (Å²) in [6, 6.07) is 13.0. The lowest BCUT2D eigenvalue weighted by Crippen LogP contribution is -2.19. The van der Waals surface area contributed by atoms with Gasteiger partial charge in [0, 0.05) is 6.20 Å². The zero-order valence-electron chi connectivity index (χ0n) is 12.4. The number of carbonyl (C=O) groups excluding carboxylic acids is 1. The summed E-state index contributed by atoms with van der Waals surface area (Å²) in [4.78, 5) is 29.9. The predicted octanol–water partition coefficient (Wildman–Crippen LogP) is 2.92. The molecule has 0 aliphatic carbocycles. The van der Waals surface area contributed by atoms with E-state index in [1.807, 2.05) is 36.4 Å². The van der Waals surface area contributed by atoms with E-state index in [0.717, 1.165) is 11.0 Å². The first kappa shape index (κ1) is 14.5. The van der Waals surface area contributed by atoms with E-state index in [4.69, 9.17) is 0 Å². The highest BCUT2D eigenvalue weighted by Gasteiger charge is 2.24. The molecule has 4 rings (SSSR count). The number of thioether (sulfide) groups is 1. The van der Waals surface area contributed by atoms with E-state index in [0.29, 0.717) is 21.6 Å². The molecule has 1 aliphatic rings. The van der Waals surface area contributed by atoms with Gasteiger partial charge in [-0.05, 0) is 42.1 Å². The van der Waals surface area contributed by atoms with Crippen LogP contribution in [0.1, 0.15) is 5.69 Å². The number of pyridine rings is 1. The Morgan fingerprint density at radius 3 is 2.71 bits per heavy atom. The van der Waals surface area contributed by atoms with E-state index in [1.165, 1.54) is 11.8 Å². The predicted molar refractivity (Wildman–Crippen MR) is 94.6 cm³/mol. The molecule has 0 saturated carbocycles. The van der Waals surface area contributed by atoms with Crippen molar-refractivity contribution in [3.63, 3.8) is 0 Å². The molecule has 0 atom stereocenters. The smallest absolute Gasteiger partial charge is 0.264 e. The van der Waals surface area contributed by atoms with Crippen molar-refractivity contribution in [2.75, 3.05) is 0 Å². The van der Waals surface area contributed by atoms with Gasteiger partial charge in [0.25, 0.3) is 5.91 Å². The van der Waals surface area contributed by atoms with E-state index in [2.05, 4.69) is 25.3 Å². The van der Waals surface area contributed by atoms with E-state index in [1.54, 1.807) is 24.5 Å². The Balaban J connectivity index is 1.62. The molecule has 1 N–H and O–H groups in total. The Morgan fingerprint density at radius 1 is 1.04 bits per heavy atom. The minimum absolute atomic E-state index is 0.204. The summed E-state index contributed by atoms with van der Waals surface area (Å²) < 4.78 is 0. The molecule has 0 radical (unpaired) electrons. The van der Waals surface area contributed by atoms with Crippen LogP contribution < -0.4 is 5.32 Å². The van der Waals surface area contributed by atoms with Crippen molar-refractivity contribution in [2.24, 2.45) is 4.99 Å².